The number of aromatic nitrogens is 5. The van der Waals surface area contributed by atoms with Crippen molar-refractivity contribution in [1.29, 1.82) is 0 Å². The average molecular weight is 464 g/mol. The second-order valence-corrected chi connectivity index (χ2v) is 7.98. The third kappa shape index (κ3) is 3.55. The number of carbonyl (C=O) groups excluding carboxylic acids is 1. The Morgan fingerprint density at radius 2 is 1.94 bits per heavy atom. The smallest absolute Gasteiger partial charge is 0.289 e. The number of carbonyl (C=O) groups is 1. The van der Waals surface area contributed by atoms with Gasteiger partial charge in [0.1, 0.15) is 5.69 Å². The predicted molar refractivity (Wildman–Crippen MR) is 121 cm³/mol. The van der Waals surface area contributed by atoms with Crippen molar-refractivity contribution in [3.63, 3.8) is 0 Å². The number of hydrogen-bond donors (Lipinski definition) is 0. The molecule has 0 aliphatic rings. The molecule has 3 heterocycles. The second kappa shape index (κ2) is 8.18. The molecule has 0 aliphatic heterocycles. The molecular weight excluding hydrogens is 449 g/mol. The highest BCUT2D eigenvalue weighted by Gasteiger charge is 2.26. The first kappa shape index (κ1) is 20.4. The zero-order chi connectivity index (χ0) is 22.2. The van der Waals surface area contributed by atoms with Crippen LogP contribution in [0.4, 0.5) is 0 Å². The van der Waals surface area contributed by atoms with Crippen molar-refractivity contribution in [2.45, 2.75) is 13.5 Å². The van der Waals surface area contributed by atoms with Crippen LogP contribution in [0.5, 0.6) is 0 Å². The van der Waals surface area contributed by atoms with Gasteiger partial charge < -0.3 is 8.98 Å². The number of benzene rings is 2. The van der Waals surface area contributed by atoms with E-state index in [2.05, 4.69) is 20.2 Å². The van der Waals surface area contributed by atoms with E-state index in [0.29, 0.717) is 27.8 Å². The Labute approximate surface area is 192 Å². The maximum atomic E-state index is 13.4. The monoisotopic (exact) mass is 463 g/mol. The van der Waals surface area contributed by atoms with Crippen LogP contribution < -0.4 is 0 Å². The first-order valence-corrected chi connectivity index (χ1v) is 10.4. The molecule has 0 amide bonds. The van der Waals surface area contributed by atoms with Crippen LogP contribution in [0, 0.1) is 6.92 Å². The number of para-hydroxylation sites is 1. The van der Waals surface area contributed by atoms with Crippen LogP contribution in [-0.4, -0.2) is 30.5 Å². The van der Waals surface area contributed by atoms with Gasteiger partial charge in [0.05, 0.1) is 11.8 Å². The van der Waals surface area contributed by atoms with Crippen molar-refractivity contribution in [3.8, 4) is 11.6 Å². The third-order valence-corrected chi connectivity index (χ3v) is 5.79. The molecule has 9 heteroatoms. The van der Waals surface area contributed by atoms with Gasteiger partial charge in [-0.1, -0.05) is 47.5 Å². The van der Waals surface area contributed by atoms with Gasteiger partial charge in [0.15, 0.2) is 0 Å². The van der Waals surface area contributed by atoms with Crippen LogP contribution in [-0.2, 0) is 6.54 Å². The van der Waals surface area contributed by atoms with Crippen LogP contribution >= 0.6 is 23.2 Å². The fraction of sp³-hybridized carbons (Fsp3) is 0.0870. The molecule has 0 fully saturated rings. The lowest BCUT2D eigenvalue weighted by molar-refractivity contribution is 0.100. The van der Waals surface area contributed by atoms with Crippen molar-refractivity contribution < 1.29 is 9.21 Å². The Morgan fingerprint density at radius 3 is 2.72 bits per heavy atom. The number of halogens is 2. The molecule has 3 aromatic heterocycles. The highest BCUT2D eigenvalue weighted by atomic mass is 35.5. The number of nitrogens with zero attached hydrogens (tertiary/aromatic N) is 5. The largest absolute Gasteiger partial charge is 0.412 e. The standard InChI is InChI=1S/C23H15Cl2N5O2/c1-13-20(21(31)23-29-28-22(32-23)18-11-26-8-9-27-18)16-4-2-3-5-19(16)30(13)12-14-6-7-15(24)10-17(14)25/h2-11H,12H2,1H3. The van der Waals surface area contributed by atoms with Crippen molar-refractivity contribution in [2.75, 3.05) is 0 Å². The summed E-state index contributed by atoms with van der Waals surface area (Å²) in [5.41, 5.74) is 3.45. The molecule has 0 N–H and O–H groups in total. The van der Waals surface area contributed by atoms with Crippen molar-refractivity contribution in [1.82, 2.24) is 24.7 Å². The molecule has 0 radical (unpaired) electrons. The Bertz CT molecular complexity index is 1460. The van der Waals surface area contributed by atoms with E-state index in [4.69, 9.17) is 27.6 Å². The van der Waals surface area contributed by atoms with Gasteiger partial charge in [-0.25, -0.2) is 4.98 Å². The van der Waals surface area contributed by atoms with Gasteiger partial charge in [0.2, 0.25) is 0 Å². The Balaban J connectivity index is 1.58. The summed E-state index contributed by atoms with van der Waals surface area (Å²) in [6.07, 6.45) is 4.55. The molecule has 0 atom stereocenters. The minimum atomic E-state index is -0.359. The lowest BCUT2D eigenvalue weighted by Crippen LogP contribution is -2.07. The maximum Gasteiger partial charge on any atom is 0.289 e. The molecule has 5 aromatic rings. The molecule has 0 unspecified atom stereocenters. The van der Waals surface area contributed by atoms with Gasteiger partial charge in [0.25, 0.3) is 17.6 Å². The summed E-state index contributed by atoms with van der Waals surface area (Å²) in [5, 5.41) is 9.84. The van der Waals surface area contributed by atoms with E-state index in [-0.39, 0.29) is 17.6 Å². The van der Waals surface area contributed by atoms with E-state index in [1.807, 2.05) is 41.8 Å². The lowest BCUT2D eigenvalue weighted by Gasteiger charge is -2.10. The van der Waals surface area contributed by atoms with E-state index >= 15 is 0 Å². The maximum absolute atomic E-state index is 13.4. The number of hydrogen-bond acceptors (Lipinski definition) is 6. The zero-order valence-electron chi connectivity index (χ0n) is 16.8. The summed E-state index contributed by atoms with van der Waals surface area (Å²) in [7, 11) is 0. The van der Waals surface area contributed by atoms with Gasteiger partial charge in [-0.15, -0.1) is 10.2 Å². The number of fused-ring (bicyclic) bond motifs is 1. The fourth-order valence-corrected chi connectivity index (χ4v) is 4.14. The molecule has 0 spiro atoms. The van der Waals surface area contributed by atoms with Gasteiger partial charge in [0, 0.05) is 45.6 Å². The van der Waals surface area contributed by atoms with Gasteiger partial charge in [-0.3, -0.25) is 9.78 Å². The number of rotatable bonds is 5. The SMILES string of the molecule is Cc1c(C(=O)c2nnc(-c3cnccn3)o2)c2ccccc2n1Cc1ccc(Cl)cc1Cl. The molecule has 5 rings (SSSR count). The first-order valence-electron chi connectivity index (χ1n) is 9.69. The van der Waals surface area contributed by atoms with Crippen molar-refractivity contribution in [2.24, 2.45) is 0 Å². The van der Waals surface area contributed by atoms with Crippen LogP contribution in [0.2, 0.25) is 10.0 Å². The summed E-state index contributed by atoms with van der Waals surface area (Å²) >= 11 is 12.4. The van der Waals surface area contributed by atoms with Crippen LogP contribution in [0.15, 0.2) is 65.5 Å². The number of ketones is 1. The Kier molecular flexibility index (Phi) is 5.20. The highest BCUT2D eigenvalue weighted by molar-refractivity contribution is 6.35. The van der Waals surface area contributed by atoms with E-state index in [1.54, 1.807) is 12.1 Å². The Hall–Kier alpha value is -3.55. The molecule has 32 heavy (non-hydrogen) atoms. The van der Waals surface area contributed by atoms with E-state index in [1.165, 1.54) is 18.6 Å². The second-order valence-electron chi connectivity index (χ2n) is 7.13. The summed E-state index contributed by atoms with van der Waals surface area (Å²) < 4.78 is 7.67. The predicted octanol–water partition coefficient (Wildman–Crippen LogP) is 5.38. The fourth-order valence-electron chi connectivity index (χ4n) is 3.68. The normalized spacial score (nSPS) is 11.2. The minimum Gasteiger partial charge on any atom is -0.412 e. The van der Waals surface area contributed by atoms with Gasteiger partial charge in [-0.05, 0) is 30.7 Å². The van der Waals surface area contributed by atoms with Crippen molar-refractivity contribution in [3.05, 3.63) is 93.8 Å². The van der Waals surface area contributed by atoms with Crippen LogP contribution in [0.25, 0.3) is 22.5 Å². The molecule has 2 aromatic carbocycles. The van der Waals surface area contributed by atoms with E-state index in [9.17, 15) is 4.79 Å². The molecule has 158 valence electrons. The highest BCUT2D eigenvalue weighted by Crippen LogP contribution is 2.31. The van der Waals surface area contributed by atoms with E-state index in [0.717, 1.165) is 22.2 Å². The van der Waals surface area contributed by atoms with Gasteiger partial charge in [-0.2, -0.15) is 0 Å². The van der Waals surface area contributed by atoms with Crippen molar-refractivity contribution >= 4 is 39.9 Å². The summed E-state index contributed by atoms with van der Waals surface area (Å²) in [4.78, 5) is 21.5. The Morgan fingerprint density at radius 1 is 1.09 bits per heavy atom. The molecule has 0 aliphatic carbocycles. The topological polar surface area (TPSA) is 86.7 Å². The average Bonchev–Trinajstić information content (AvgIpc) is 3.40. The molecule has 0 saturated carbocycles. The van der Waals surface area contributed by atoms with Crippen LogP contribution in [0.1, 0.15) is 27.5 Å². The zero-order valence-corrected chi connectivity index (χ0v) is 18.3. The first-order chi connectivity index (χ1) is 15.5. The van der Waals surface area contributed by atoms with E-state index < -0.39 is 0 Å². The lowest BCUT2D eigenvalue weighted by atomic mass is 10.1. The quantitative estimate of drug-likeness (QED) is 0.325. The summed E-state index contributed by atoms with van der Waals surface area (Å²) in [6.45, 7) is 2.36. The van der Waals surface area contributed by atoms with Crippen LogP contribution in [0.3, 0.4) is 0 Å². The van der Waals surface area contributed by atoms with Gasteiger partial charge >= 0.3 is 0 Å². The summed E-state index contributed by atoms with van der Waals surface area (Å²) in [5.74, 6) is -0.334. The summed E-state index contributed by atoms with van der Waals surface area (Å²) in [6, 6.07) is 13.1. The molecule has 0 saturated heterocycles. The third-order valence-electron chi connectivity index (χ3n) is 5.20. The molecule has 0 bridgehead atoms. The molecular formula is C23H15Cl2N5O2. The minimum absolute atomic E-state index is 0.110. The molecule has 7 nitrogen and oxygen atoms in total.